The van der Waals surface area contributed by atoms with Gasteiger partial charge in [0.25, 0.3) is 0 Å². The highest BCUT2D eigenvalue weighted by Gasteiger charge is 2.48. The number of fused-ring (bicyclic) bond motifs is 5. The van der Waals surface area contributed by atoms with E-state index < -0.39 is 12.1 Å². The lowest BCUT2D eigenvalue weighted by Crippen LogP contribution is -2.66. The van der Waals surface area contributed by atoms with Crippen LogP contribution in [0, 0.1) is 5.92 Å². The molecule has 0 spiro atoms. The van der Waals surface area contributed by atoms with E-state index in [1.54, 1.807) is 0 Å². The van der Waals surface area contributed by atoms with Crippen LogP contribution < -0.4 is 5.32 Å². The second-order valence-electron chi connectivity index (χ2n) is 9.80. The monoisotopic (exact) mass is 440 g/mol. The number of nitrogens with one attached hydrogen (secondary N) is 3. The Kier molecular flexibility index (Phi) is 4.57. The molecule has 2 aliphatic rings. The number of aromatic nitrogens is 2. The van der Waals surface area contributed by atoms with E-state index in [1.807, 2.05) is 41.4 Å². The van der Waals surface area contributed by atoms with E-state index in [0.717, 1.165) is 39.5 Å². The van der Waals surface area contributed by atoms with E-state index in [0.29, 0.717) is 18.8 Å². The normalized spacial score (nSPS) is 22.6. The Bertz CT molecular complexity index is 1380. The van der Waals surface area contributed by atoms with Gasteiger partial charge in [-0.1, -0.05) is 50.2 Å². The summed E-state index contributed by atoms with van der Waals surface area (Å²) in [6.07, 6.45) is 3.79. The number of aromatic amines is 2. The van der Waals surface area contributed by atoms with Gasteiger partial charge in [0.05, 0.1) is 6.04 Å². The fraction of sp³-hybridized carbons (Fsp3) is 0.333. The number of para-hydroxylation sites is 2. The summed E-state index contributed by atoms with van der Waals surface area (Å²) in [4.78, 5) is 36.0. The minimum Gasteiger partial charge on any atom is -0.361 e. The van der Waals surface area contributed by atoms with Crippen LogP contribution in [0.3, 0.4) is 0 Å². The number of carbonyl (C=O) groups excluding carboxylic acids is 2. The number of carbonyl (C=O) groups is 2. The van der Waals surface area contributed by atoms with Gasteiger partial charge in [-0.15, -0.1) is 0 Å². The third-order valence-electron chi connectivity index (χ3n) is 7.21. The first-order valence-electron chi connectivity index (χ1n) is 11.8. The number of benzene rings is 2. The van der Waals surface area contributed by atoms with Crippen LogP contribution in [-0.2, 0) is 22.4 Å². The highest BCUT2D eigenvalue weighted by Crippen LogP contribution is 2.42. The van der Waals surface area contributed by atoms with Crippen molar-refractivity contribution in [3.63, 3.8) is 0 Å². The van der Waals surface area contributed by atoms with Gasteiger partial charge < -0.3 is 20.2 Å². The molecule has 1 saturated heterocycles. The maximum Gasteiger partial charge on any atom is 0.246 e. The number of nitrogens with zero attached hydrogens (tertiary/aromatic N) is 1. The smallest absolute Gasteiger partial charge is 0.246 e. The number of hydrogen-bond acceptors (Lipinski definition) is 2. The first-order chi connectivity index (χ1) is 16.0. The highest BCUT2D eigenvalue weighted by molar-refractivity contribution is 5.99. The second kappa shape index (κ2) is 7.51. The van der Waals surface area contributed by atoms with Crippen molar-refractivity contribution in [2.75, 3.05) is 0 Å². The topological polar surface area (TPSA) is 81.0 Å². The molecule has 1 fully saturated rings. The minimum absolute atomic E-state index is 0.0137. The van der Waals surface area contributed by atoms with Crippen LogP contribution in [0.15, 0.2) is 54.7 Å². The van der Waals surface area contributed by atoms with Crippen molar-refractivity contribution in [3.05, 3.63) is 71.5 Å². The Balaban J connectivity index is 1.40. The van der Waals surface area contributed by atoms with Crippen molar-refractivity contribution in [3.8, 4) is 0 Å². The maximum absolute atomic E-state index is 13.9. The molecule has 6 rings (SSSR count). The van der Waals surface area contributed by atoms with Gasteiger partial charge in [0.2, 0.25) is 11.8 Å². The van der Waals surface area contributed by atoms with Gasteiger partial charge in [-0.3, -0.25) is 9.59 Å². The third-order valence-corrected chi connectivity index (χ3v) is 7.21. The maximum atomic E-state index is 13.9. The highest BCUT2D eigenvalue weighted by atomic mass is 16.2. The molecule has 6 heteroatoms. The molecule has 6 nitrogen and oxygen atoms in total. The van der Waals surface area contributed by atoms with Gasteiger partial charge in [0, 0.05) is 46.5 Å². The van der Waals surface area contributed by atoms with Crippen LogP contribution in [0.4, 0.5) is 0 Å². The van der Waals surface area contributed by atoms with Crippen LogP contribution in [0.2, 0.25) is 0 Å². The zero-order chi connectivity index (χ0) is 22.7. The zero-order valence-electron chi connectivity index (χ0n) is 18.9. The molecular formula is C27H28N4O2. The lowest BCUT2D eigenvalue weighted by Gasteiger charge is -2.46. The van der Waals surface area contributed by atoms with Gasteiger partial charge in [0.1, 0.15) is 12.1 Å². The van der Waals surface area contributed by atoms with E-state index in [2.05, 4.69) is 47.3 Å². The molecule has 2 amide bonds. The molecule has 2 aromatic heterocycles. The molecule has 4 heterocycles. The summed E-state index contributed by atoms with van der Waals surface area (Å²) < 4.78 is 0. The Morgan fingerprint density at radius 2 is 1.73 bits per heavy atom. The SMILES string of the molecule is CC(C)CC1c2[nH]c3ccccc3c2C[C@H]2C(=O)NC(Cc3c[nH]c4ccccc34)C(=O)N12. The van der Waals surface area contributed by atoms with E-state index in [9.17, 15) is 9.59 Å². The Morgan fingerprint density at radius 1 is 1.00 bits per heavy atom. The van der Waals surface area contributed by atoms with Crippen LogP contribution >= 0.6 is 0 Å². The quantitative estimate of drug-likeness (QED) is 0.444. The Labute approximate surface area is 192 Å². The number of piperazine rings is 1. The average Bonchev–Trinajstić information content (AvgIpc) is 3.38. The summed E-state index contributed by atoms with van der Waals surface area (Å²) in [6.45, 7) is 4.34. The van der Waals surface area contributed by atoms with Crippen molar-refractivity contribution in [1.82, 2.24) is 20.2 Å². The molecule has 2 aliphatic heterocycles. The fourth-order valence-corrected chi connectivity index (χ4v) is 5.75. The summed E-state index contributed by atoms with van der Waals surface area (Å²) in [7, 11) is 0. The van der Waals surface area contributed by atoms with Crippen LogP contribution in [0.25, 0.3) is 21.8 Å². The van der Waals surface area contributed by atoms with E-state index in [-0.39, 0.29) is 17.9 Å². The summed E-state index contributed by atoms with van der Waals surface area (Å²) >= 11 is 0. The van der Waals surface area contributed by atoms with Crippen LogP contribution in [-0.4, -0.2) is 38.8 Å². The standard InChI is InChI=1S/C27H28N4O2/c1-15(2)11-23-25-19(18-8-4-6-10-21(18)29-25)13-24-26(32)30-22(27(33)31(23)24)12-16-14-28-20-9-5-3-7-17(16)20/h3-10,14-15,22-24,28-29H,11-13H2,1-2H3,(H,30,32)/t22?,23?,24-/m0/s1. The number of rotatable bonds is 4. The molecular weight excluding hydrogens is 412 g/mol. The Morgan fingerprint density at radius 3 is 2.52 bits per heavy atom. The van der Waals surface area contributed by atoms with Crippen molar-refractivity contribution >= 4 is 33.6 Å². The number of H-pyrrole nitrogens is 2. The Hall–Kier alpha value is -3.54. The molecule has 2 aromatic carbocycles. The summed E-state index contributed by atoms with van der Waals surface area (Å²) in [5.41, 5.74) is 5.43. The third kappa shape index (κ3) is 3.16. The minimum atomic E-state index is -0.562. The summed E-state index contributed by atoms with van der Waals surface area (Å²) in [6, 6.07) is 15.1. The molecule has 33 heavy (non-hydrogen) atoms. The van der Waals surface area contributed by atoms with Crippen molar-refractivity contribution in [2.45, 2.75) is 51.2 Å². The molecule has 2 unspecified atom stereocenters. The molecule has 168 valence electrons. The van der Waals surface area contributed by atoms with Crippen molar-refractivity contribution in [1.29, 1.82) is 0 Å². The molecule has 0 radical (unpaired) electrons. The zero-order valence-corrected chi connectivity index (χ0v) is 18.9. The lowest BCUT2D eigenvalue weighted by molar-refractivity contribution is -0.153. The van der Waals surface area contributed by atoms with E-state index >= 15 is 0 Å². The molecule has 4 aromatic rings. The van der Waals surface area contributed by atoms with E-state index in [1.165, 1.54) is 5.56 Å². The molecule has 0 bridgehead atoms. The van der Waals surface area contributed by atoms with Crippen molar-refractivity contribution in [2.24, 2.45) is 5.92 Å². The fourth-order valence-electron chi connectivity index (χ4n) is 5.75. The average molecular weight is 441 g/mol. The lowest BCUT2D eigenvalue weighted by atomic mass is 9.84. The predicted octanol–water partition coefficient (Wildman–Crippen LogP) is 4.23. The predicted molar refractivity (Wildman–Crippen MR) is 129 cm³/mol. The van der Waals surface area contributed by atoms with Crippen LogP contribution in [0.5, 0.6) is 0 Å². The van der Waals surface area contributed by atoms with Gasteiger partial charge in [0.15, 0.2) is 0 Å². The van der Waals surface area contributed by atoms with Gasteiger partial charge >= 0.3 is 0 Å². The van der Waals surface area contributed by atoms with Crippen molar-refractivity contribution < 1.29 is 9.59 Å². The first kappa shape index (κ1) is 20.1. The first-order valence-corrected chi connectivity index (χ1v) is 11.8. The van der Waals surface area contributed by atoms with Gasteiger partial charge in [-0.2, -0.15) is 0 Å². The molecule has 3 N–H and O–H groups in total. The number of amides is 2. The molecule has 0 saturated carbocycles. The van der Waals surface area contributed by atoms with E-state index in [4.69, 9.17) is 0 Å². The van der Waals surface area contributed by atoms with Gasteiger partial charge in [-0.25, -0.2) is 0 Å². The van der Waals surface area contributed by atoms with Crippen LogP contribution in [0.1, 0.15) is 43.1 Å². The molecule has 0 aliphatic carbocycles. The molecule has 3 atom stereocenters. The summed E-state index contributed by atoms with van der Waals surface area (Å²) in [5, 5.41) is 5.31. The number of hydrogen-bond donors (Lipinski definition) is 3. The largest absolute Gasteiger partial charge is 0.361 e. The van der Waals surface area contributed by atoms with Gasteiger partial charge in [-0.05, 0) is 35.6 Å². The second-order valence-corrected chi connectivity index (χ2v) is 9.80. The summed E-state index contributed by atoms with van der Waals surface area (Å²) in [5.74, 6) is 0.349.